The van der Waals surface area contributed by atoms with Crippen LogP contribution in [0.3, 0.4) is 0 Å². The summed E-state index contributed by atoms with van der Waals surface area (Å²) in [7, 11) is 0. The zero-order valence-electron chi connectivity index (χ0n) is 7.68. The first-order valence-corrected chi connectivity index (χ1v) is 5.63. The van der Waals surface area contributed by atoms with E-state index in [1.807, 2.05) is 48.8 Å². The summed E-state index contributed by atoms with van der Waals surface area (Å²) in [4.78, 5) is 8.55. The monoisotopic (exact) mass is 330 g/mol. The Kier molecular flexibility index (Phi) is 7.49. The van der Waals surface area contributed by atoms with E-state index in [9.17, 15) is 0 Å². The molecule has 0 aliphatic heterocycles. The van der Waals surface area contributed by atoms with Crippen LogP contribution in [0.4, 0.5) is 0 Å². The van der Waals surface area contributed by atoms with E-state index in [1.54, 1.807) is 0 Å². The third-order valence-electron chi connectivity index (χ3n) is 1.42. The summed E-state index contributed by atoms with van der Waals surface area (Å²) in [5, 5.41) is 0. The molecule has 0 amide bonds. The van der Waals surface area contributed by atoms with Gasteiger partial charge in [-0.15, -0.1) is 24.8 Å². The fourth-order valence-electron chi connectivity index (χ4n) is 0.873. The van der Waals surface area contributed by atoms with Crippen LogP contribution in [-0.2, 0) is 17.1 Å². The number of nitrogens with zero attached hydrogens (tertiary/aromatic N) is 2. The van der Waals surface area contributed by atoms with Gasteiger partial charge >= 0.3 is 84.5 Å². The molecule has 0 bridgehead atoms. The average Bonchev–Trinajstić information content (AvgIpc) is 2.21. The Morgan fingerprint density at radius 1 is 0.733 bits per heavy atom. The fraction of sp³-hybridized carbons (Fsp3) is 0. The van der Waals surface area contributed by atoms with Gasteiger partial charge in [0.05, 0.1) is 0 Å². The van der Waals surface area contributed by atoms with E-state index in [0.717, 1.165) is 8.58 Å². The number of halogens is 2. The first-order valence-electron chi connectivity index (χ1n) is 3.89. The van der Waals surface area contributed by atoms with E-state index in [-0.39, 0.29) is 41.9 Å². The summed E-state index contributed by atoms with van der Waals surface area (Å²) in [6, 6.07) is 12.0. The minimum atomic E-state index is -0.0116. The third-order valence-corrected chi connectivity index (χ3v) is 3.34. The maximum atomic E-state index is 4.27. The van der Waals surface area contributed by atoms with Gasteiger partial charge < -0.3 is 0 Å². The van der Waals surface area contributed by atoms with Crippen molar-refractivity contribution in [2.45, 2.75) is 0 Å². The molecule has 2 nitrogen and oxygen atoms in total. The van der Waals surface area contributed by atoms with Gasteiger partial charge in [0.15, 0.2) is 0 Å². The maximum absolute atomic E-state index is 4.27. The van der Waals surface area contributed by atoms with Crippen LogP contribution in [0.2, 0.25) is 0 Å². The number of hydrogen-bond donors (Lipinski definition) is 0. The molecule has 0 radical (unpaired) electrons. The van der Waals surface area contributed by atoms with Gasteiger partial charge in [0.25, 0.3) is 0 Å². The molecule has 0 saturated carbocycles. The molecule has 0 aromatic carbocycles. The van der Waals surface area contributed by atoms with Crippen molar-refractivity contribution in [3.8, 4) is 0 Å². The molecule has 0 N–H and O–H groups in total. The van der Waals surface area contributed by atoms with Crippen LogP contribution in [0, 0.1) is 0 Å². The first-order chi connectivity index (χ1) is 6.45. The molecule has 0 atom stereocenters. The molecular formula is C10H10Cl2N2Ru. The van der Waals surface area contributed by atoms with Crippen LogP contribution < -0.4 is 8.58 Å². The van der Waals surface area contributed by atoms with Crippen LogP contribution in [0.15, 0.2) is 48.8 Å². The third kappa shape index (κ3) is 4.70. The molecule has 0 spiro atoms. The van der Waals surface area contributed by atoms with Gasteiger partial charge in [-0.1, -0.05) is 0 Å². The van der Waals surface area contributed by atoms with Crippen molar-refractivity contribution in [3.05, 3.63) is 48.8 Å². The molecule has 2 heterocycles. The summed E-state index contributed by atoms with van der Waals surface area (Å²) >= 11 is -0.0116. The number of rotatable bonds is 2. The van der Waals surface area contributed by atoms with Gasteiger partial charge in [-0.2, -0.15) is 0 Å². The van der Waals surface area contributed by atoms with Gasteiger partial charge in [-0.05, 0) is 0 Å². The Morgan fingerprint density at radius 2 is 1.20 bits per heavy atom. The molecule has 5 heteroatoms. The standard InChI is InChI=1S/2C5H4N.2ClH.Ru/c2*1-2-4-6-5-3-1;;;/h2*1-4H;2*1H;. The Labute approximate surface area is 109 Å². The molecule has 0 unspecified atom stereocenters. The second kappa shape index (κ2) is 7.75. The second-order valence-corrected chi connectivity index (χ2v) is 4.58. The van der Waals surface area contributed by atoms with Crippen molar-refractivity contribution in [2.24, 2.45) is 0 Å². The Bertz CT molecular complexity index is 332. The molecule has 2 aromatic rings. The van der Waals surface area contributed by atoms with Crippen LogP contribution in [0.1, 0.15) is 0 Å². The van der Waals surface area contributed by atoms with E-state index in [2.05, 4.69) is 9.97 Å². The van der Waals surface area contributed by atoms with E-state index >= 15 is 0 Å². The van der Waals surface area contributed by atoms with Crippen molar-refractivity contribution in [3.63, 3.8) is 0 Å². The molecule has 2 aromatic heterocycles. The normalized spacial score (nSPS) is 8.80. The summed E-state index contributed by atoms with van der Waals surface area (Å²) in [6.45, 7) is 0. The van der Waals surface area contributed by atoms with Crippen LogP contribution in [0.5, 0.6) is 0 Å². The van der Waals surface area contributed by atoms with Crippen LogP contribution in [-0.4, -0.2) is 9.97 Å². The molecule has 82 valence electrons. The van der Waals surface area contributed by atoms with Gasteiger partial charge in [0.1, 0.15) is 0 Å². The van der Waals surface area contributed by atoms with Crippen molar-refractivity contribution in [1.29, 1.82) is 0 Å². The van der Waals surface area contributed by atoms with Crippen LogP contribution in [0.25, 0.3) is 0 Å². The molecular weight excluding hydrogens is 320 g/mol. The molecule has 0 aliphatic rings. The van der Waals surface area contributed by atoms with E-state index in [4.69, 9.17) is 0 Å². The first kappa shape index (κ1) is 14.5. The SMILES string of the molecule is Cl.Cl.c1cc[c]([Ru][c]2ccccn2)nc1. The second-order valence-electron chi connectivity index (χ2n) is 2.37. The number of aromatic nitrogens is 2. The molecule has 0 aliphatic carbocycles. The Hall–Kier alpha value is -0.497. The number of pyridine rings is 2. The quantitative estimate of drug-likeness (QED) is 0.777. The van der Waals surface area contributed by atoms with Gasteiger partial charge in [0.2, 0.25) is 0 Å². The minimum absolute atomic E-state index is 0. The molecule has 2 rings (SSSR count). The fourth-order valence-corrected chi connectivity index (χ4v) is 2.44. The van der Waals surface area contributed by atoms with E-state index in [0.29, 0.717) is 0 Å². The predicted octanol–water partition coefficient (Wildman–Crippen LogP) is 1.35. The van der Waals surface area contributed by atoms with Gasteiger partial charge in [0, 0.05) is 0 Å². The molecule has 0 fully saturated rings. The van der Waals surface area contributed by atoms with Crippen molar-refractivity contribution < 1.29 is 17.1 Å². The average molecular weight is 330 g/mol. The number of hydrogen-bond acceptors (Lipinski definition) is 2. The van der Waals surface area contributed by atoms with Crippen molar-refractivity contribution >= 4 is 33.4 Å². The van der Waals surface area contributed by atoms with E-state index in [1.165, 1.54) is 0 Å². The topological polar surface area (TPSA) is 25.8 Å². The van der Waals surface area contributed by atoms with Crippen molar-refractivity contribution in [1.82, 2.24) is 9.97 Å². The zero-order chi connectivity index (χ0) is 8.93. The Morgan fingerprint density at radius 3 is 1.53 bits per heavy atom. The summed E-state index contributed by atoms with van der Waals surface area (Å²) in [5.74, 6) is 0. The van der Waals surface area contributed by atoms with Gasteiger partial charge in [-0.25, -0.2) is 0 Å². The van der Waals surface area contributed by atoms with Crippen molar-refractivity contribution in [2.75, 3.05) is 0 Å². The zero-order valence-corrected chi connectivity index (χ0v) is 11.1. The Balaban J connectivity index is 0.000000980. The van der Waals surface area contributed by atoms with Gasteiger partial charge in [-0.3, -0.25) is 0 Å². The van der Waals surface area contributed by atoms with E-state index < -0.39 is 0 Å². The molecule has 15 heavy (non-hydrogen) atoms. The summed E-state index contributed by atoms with van der Waals surface area (Å²) in [5.41, 5.74) is 0. The summed E-state index contributed by atoms with van der Waals surface area (Å²) < 4.78 is 2.29. The summed E-state index contributed by atoms with van der Waals surface area (Å²) in [6.07, 6.45) is 3.65. The molecule has 0 saturated heterocycles. The predicted molar refractivity (Wildman–Crippen MR) is 62.2 cm³/mol. The van der Waals surface area contributed by atoms with Crippen LogP contribution >= 0.6 is 24.8 Å².